The summed E-state index contributed by atoms with van der Waals surface area (Å²) in [6, 6.07) is 10.6. The van der Waals surface area contributed by atoms with E-state index in [2.05, 4.69) is 70.2 Å². The summed E-state index contributed by atoms with van der Waals surface area (Å²) in [4.78, 5) is 0. The standard InChI is InChI=1S/C23H30O2S/c1-5-7-8-12-21(26-6-2)24-20-11-9-10-19-18(20)14-13-17-15-16-23(3,4)25-22(17)19/h9-11,13-16,21H,5-8,12H2,1-4H3. The van der Waals surface area contributed by atoms with Crippen molar-refractivity contribution in [2.45, 2.75) is 64.4 Å². The zero-order chi connectivity index (χ0) is 18.6. The van der Waals surface area contributed by atoms with Gasteiger partial charge in [0.15, 0.2) is 0 Å². The predicted molar refractivity (Wildman–Crippen MR) is 114 cm³/mol. The van der Waals surface area contributed by atoms with E-state index in [-0.39, 0.29) is 11.0 Å². The molecule has 2 aromatic carbocycles. The van der Waals surface area contributed by atoms with Crippen LogP contribution in [-0.4, -0.2) is 16.8 Å². The number of thioether (sulfide) groups is 1. The Labute approximate surface area is 162 Å². The van der Waals surface area contributed by atoms with Crippen LogP contribution in [0.5, 0.6) is 11.5 Å². The number of fused-ring (bicyclic) bond motifs is 3. The van der Waals surface area contributed by atoms with Crippen LogP contribution in [0.4, 0.5) is 0 Å². The topological polar surface area (TPSA) is 18.5 Å². The molecule has 1 aliphatic rings. The van der Waals surface area contributed by atoms with E-state index in [0.717, 1.165) is 40.0 Å². The van der Waals surface area contributed by atoms with Crippen LogP contribution in [0.25, 0.3) is 16.8 Å². The van der Waals surface area contributed by atoms with Crippen molar-refractivity contribution in [2.24, 2.45) is 0 Å². The molecule has 2 nitrogen and oxygen atoms in total. The van der Waals surface area contributed by atoms with E-state index < -0.39 is 0 Å². The minimum absolute atomic E-state index is 0.213. The van der Waals surface area contributed by atoms with Crippen LogP contribution in [0.2, 0.25) is 0 Å². The molecule has 0 spiro atoms. The molecule has 26 heavy (non-hydrogen) atoms. The molecule has 0 fully saturated rings. The summed E-state index contributed by atoms with van der Waals surface area (Å²) < 4.78 is 12.7. The molecule has 0 radical (unpaired) electrons. The van der Waals surface area contributed by atoms with Gasteiger partial charge in [0.1, 0.15) is 22.5 Å². The first kappa shape index (κ1) is 19.2. The van der Waals surface area contributed by atoms with Gasteiger partial charge in [0.05, 0.1) is 0 Å². The Morgan fingerprint density at radius 1 is 1.08 bits per heavy atom. The van der Waals surface area contributed by atoms with E-state index in [1.54, 1.807) is 0 Å². The second-order valence-corrected chi connectivity index (χ2v) is 8.81. The average Bonchev–Trinajstić information content (AvgIpc) is 2.61. The van der Waals surface area contributed by atoms with Crippen molar-refractivity contribution >= 4 is 28.6 Å². The minimum atomic E-state index is -0.279. The molecular formula is C23H30O2S. The number of unbranched alkanes of at least 4 members (excludes halogenated alkanes) is 2. The third-order valence-electron chi connectivity index (χ3n) is 4.69. The molecule has 1 heterocycles. The highest BCUT2D eigenvalue weighted by Crippen LogP contribution is 2.40. The molecular weight excluding hydrogens is 340 g/mol. The highest BCUT2D eigenvalue weighted by atomic mass is 32.2. The number of hydrogen-bond acceptors (Lipinski definition) is 3. The van der Waals surface area contributed by atoms with Crippen LogP contribution in [-0.2, 0) is 0 Å². The zero-order valence-corrected chi connectivity index (χ0v) is 17.2. The largest absolute Gasteiger partial charge is 0.483 e. The molecule has 1 unspecified atom stereocenters. The molecule has 3 rings (SSSR count). The summed E-state index contributed by atoms with van der Waals surface area (Å²) in [5, 5.41) is 2.26. The molecule has 1 atom stereocenters. The van der Waals surface area contributed by atoms with E-state index >= 15 is 0 Å². The maximum absolute atomic E-state index is 6.45. The van der Waals surface area contributed by atoms with Gasteiger partial charge in [-0.1, -0.05) is 51.0 Å². The van der Waals surface area contributed by atoms with E-state index in [1.165, 1.54) is 19.3 Å². The second-order valence-electron chi connectivity index (χ2n) is 7.37. The van der Waals surface area contributed by atoms with Gasteiger partial charge in [-0.15, -0.1) is 11.8 Å². The Hall–Kier alpha value is -1.61. The Kier molecular flexibility index (Phi) is 6.18. The van der Waals surface area contributed by atoms with Crippen molar-refractivity contribution in [1.29, 1.82) is 0 Å². The molecule has 0 aliphatic carbocycles. The molecule has 140 valence electrons. The molecule has 0 amide bonds. The lowest BCUT2D eigenvalue weighted by Crippen LogP contribution is -2.27. The first-order valence-electron chi connectivity index (χ1n) is 9.76. The van der Waals surface area contributed by atoms with Crippen LogP contribution in [0.3, 0.4) is 0 Å². The van der Waals surface area contributed by atoms with Crippen LogP contribution >= 0.6 is 11.8 Å². The fourth-order valence-corrected chi connectivity index (χ4v) is 4.20. The molecule has 0 saturated carbocycles. The predicted octanol–water partition coefficient (Wildman–Crippen LogP) is 7.06. The molecule has 0 N–H and O–H groups in total. The Bertz CT molecular complexity index is 779. The van der Waals surface area contributed by atoms with Crippen molar-refractivity contribution in [2.75, 3.05) is 5.75 Å². The summed E-state index contributed by atoms with van der Waals surface area (Å²) in [7, 11) is 0. The number of rotatable bonds is 8. The van der Waals surface area contributed by atoms with E-state index in [9.17, 15) is 0 Å². The summed E-state index contributed by atoms with van der Waals surface area (Å²) in [5.41, 5.74) is 1.07. The number of hydrogen-bond donors (Lipinski definition) is 0. The van der Waals surface area contributed by atoms with Gasteiger partial charge in [-0.3, -0.25) is 0 Å². The Morgan fingerprint density at radius 2 is 1.92 bits per heavy atom. The first-order chi connectivity index (χ1) is 12.5. The van der Waals surface area contributed by atoms with Gasteiger partial charge < -0.3 is 9.47 Å². The lowest BCUT2D eigenvalue weighted by atomic mass is 9.98. The Balaban J connectivity index is 1.91. The van der Waals surface area contributed by atoms with Gasteiger partial charge in [0, 0.05) is 16.3 Å². The van der Waals surface area contributed by atoms with Gasteiger partial charge in [0.25, 0.3) is 0 Å². The van der Waals surface area contributed by atoms with E-state index in [0.29, 0.717) is 0 Å². The van der Waals surface area contributed by atoms with Gasteiger partial charge in [-0.25, -0.2) is 0 Å². The van der Waals surface area contributed by atoms with Gasteiger partial charge in [-0.2, -0.15) is 0 Å². The van der Waals surface area contributed by atoms with E-state index in [4.69, 9.17) is 9.47 Å². The van der Waals surface area contributed by atoms with Crippen molar-refractivity contribution in [1.82, 2.24) is 0 Å². The van der Waals surface area contributed by atoms with Crippen molar-refractivity contribution in [3.8, 4) is 11.5 Å². The number of benzene rings is 2. The summed E-state index contributed by atoms with van der Waals surface area (Å²) in [5.74, 6) is 2.99. The van der Waals surface area contributed by atoms with Crippen LogP contribution in [0.1, 0.15) is 58.9 Å². The van der Waals surface area contributed by atoms with E-state index in [1.807, 2.05) is 11.8 Å². The van der Waals surface area contributed by atoms with Crippen LogP contribution < -0.4 is 9.47 Å². The molecule has 0 saturated heterocycles. The van der Waals surface area contributed by atoms with Crippen LogP contribution in [0.15, 0.2) is 36.4 Å². The summed E-state index contributed by atoms with van der Waals surface area (Å²) >= 11 is 1.89. The van der Waals surface area contributed by atoms with Gasteiger partial charge in [0.2, 0.25) is 0 Å². The van der Waals surface area contributed by atoms with Crippen molar-refractivity contribution < 1.29 is 9.47 Å². The molecule has 2 aromatic rings. The first-order valence-corrected chi connectivity index (χ1v) is 10.8. The monoisotopic (exact) mass is 370 g/mol. The van der Waals surface area contributed by atoms with Crippen molar-refractivity contribution in [3.63, 3.8) is 0 Å². The SMILES string of the molecule is CCCCCC(Oc1cccc2c3c(ccc12)C=CC(C)(C)O3)SCC. The fraction of sp³-hybridized carbons (Fsp3) is 0.478. The smallest absolute Gasteiger partial charge is 0.144 e. The van der Waals surface area contributed by atoms with Crippen LogP contribution in [0, 0.1) is 0 Å². The quantitative estimate of drug-likeness (QED) is 0.366. The Morgan fingerprint density at radius 3 is 2.69 bits per heavy atom. The normalized spacial score (nSPS) is 16.2. The molecule has 3 heteroatoms. The lowest BCUT2D eigenvalue weighted by molar-refractivity contribution is 0.161. The third-order valence-corrected chi connectivity index (χ3v) is 5.72. The molecule has 0 aromatic heterocycles. The second kappa shape index (κ2) is 8.39. The third kappa shape index (κ3) is 4.37. The fourth-order valence-electron chi connectivity index (χ4n) is 3.32. The number of ether oxygens (including phenoxy) is 2. The average molecular weight is 371 g/mol. The van der Waals surface area contributed by atoms with Gasteiger partial charge >= 0.3 is 0 Å². The summed E-state index contributed by atoms with van der Waals surface area (Å²) in [6.45, 7) is 8.62. The molecule has 1 aliphatic heterocycles. The highest BCUT2D eigenvalue weighted by Gasteiger charge is 2.24. The van der Waals surface area contributed by atoms with Gasteiger partial charge in [-0.05, 0) is 50.7 Å². The van der Waals surface area contributed by atoms with Crippen molar-refractivity contribution in [3.05, 3.63) is 42.0 Å². The highest BCUT2D eigenvalue weighted by molar-refractivity contribution is 7.99. The molecule has 0 bridgehead atoms. The lowest BCUT2D eigenvalue weighted by Gasteiger charge is -2.29. The zero-order valence-electron chi connectivity index (χ0n) is 16.4. The maximum atomic E-state index is 6.45. The minimum Gasteiger partial charge on any atom is -0.483 e. The summed E-state index contributed by atoms with van der Waals surface area (Å²) in [6.07, 6.45) is 9.10. The maximum Gasteiger partial charge on any atom is 0.144 e.